The van der Waals surface area contributed by atoms with Crippen LogP contribution in [-0.4, -0.2) is 45.1 Å². The smallest absolute Gasteiger partial charge is 0.268 e. The van der Waals surface area contributed by atoms with E-state index in [1.807, 2.05) is 43.3 Å². The maximum absolute atomic E-state index is 12.4. The first-order chi connectivity index (χ1) is 15.5. The Labute approximate surface area is 187 Å². The second kappa shape index (κ2) is 8.82. The van der Waals surface area contributed by atoms with Gasteiger partial charge in [0.1, 0.15) is 5.69 Å². The van der Waals surface area contributed by atoms with Crippen LogP contribution >= 0.6 is 0 Å². The zero-order valence-corrected chi connectivity index (χ0v) is 18.2. The maximum atomic E-state index is 12.4. The average molecular weight is 425 g/mol. The molecule has 32 heavy (non-hydrogen) atoms. The van der Waals surface area contributed by atoms with Gasteiger partial charge in [0, 0.05) is 37.8 Å². The third kappa shape index (κ3) is 4.12. The lowest BCUT2D eigenvalue weighted by Gasteiger charge is -2.12. The van der Waals surface area contributed by atoms with Crippen molar-refractivity contribution in [2.45, 2.75) is 13.8 Å². The quantitative estimate of drug-likeness (QED) is 0.448. The van der Waals surface area contributed by atoms with E-state index in [9.17, 15) is 4.79 Å². The van der Waals surface area contributed by atoms with Gasteiger partial charge in [-0.1, -0.05) is 30.2 Å². The summed E-state index contributed by atoms with van der Waals surface area (Å²) in [6.45, 7) is 3.59. The van der Waals surface area contributed by atoms with Crippen LogP contribution in [0.15, 0.2) is 59.1 Å². The minimum atomic E-state index is -0.0920. The third-order valence-electron chi connectivity index (χ3n) is 4.81. The molecule has 2 aromatic carbocycles. The number of benzene rings is 2. The van der Waals surface area contributed by atoms with Crippen molar-refractivity contribution in [3.8, 4) is 46.1 Å². The molecule has 0 aliphatic heterocycles. The highest BCUT2D eigenvalue weighted by Gasteiger charge is 2.18. The van der Waals surface area contributed by atoms with E-state index in [-0.39, 0.29) is 7.33 Å². The molecule has 0 saturated heterocycles. The van der Waals surface area contributed by atoms with Crippen molar-refractivity contribution in [2.24, 2.45) is 0 Å². The summed E-state index contributed by atoms with van der Waals surface area (Å²) in [5.41, 5.74) is 4.62. The number of aryl methyl sites for hydroxylation is 1. The van der Waals surface area contributed by atoms with Gasteiger partial charge in [-0.3, -0.25) is 9.78 Å². The van der Waals surface area contributed by atoms with Crippen LogP contribution in [0.2, 0.25) is 0 Å². The third-order valence-corrected chi connectivity index (χ3v) is 4.81. The van der Waals surface area contributed by atoms with Crippen LogP contribution in [0.4, 0.5) is 0 Å². The summed E-state index contributed by atoms with van der Waals surface area (Å²) in [7, 11) is 3.43. The van der Waals surface area contributed by atoms with Gasteiger partial charge in [-0.25, -0.2) is 4.98 Å². The Balaban J connectivity index is 0.00000306. The molecule has 0 fully saturated rings. The molecule has 1 amide bonds. The van der Waals surface area contributed by atoms with Crippen molar-refractivity contribution in [2.75, 3.05) is 14.1 Å². The summed E-state index contributed by atoms with van der Waals surface area (Å²) < 4.78 is 5.88. The summed E-state index contributed by atoms with van der Waals surface area (Å²) in [5.74, 6) is 6.58. The summed E-state index contributed by atoms with van der Waals surface area (Å²) in [6.07, 6.45) is 1.68. The van der Waals surface area contributed by atoms with Crippen molar-refractivity contribution in [3.63, 3.8) is 0 Å². The standard InChI is InChI=1S/C25H21N5O2.H2/c1-5-9-18-14-19(25(31)30(3)4)12-13-20(18)21-15-26-16(2)22(27-21)24-29-28-23(32-24)17-10-7-6-8-11-17;/h6-8,10-15H,1-4H3;1H. The molecular weight excluding hydrogens is 402 g/mol. The highest BCUT2D eigenvalue weighted by Crippen LogP contribution is 2.28. The van der Waals surface area contributed by atoms with E-state index in [1.54, 1.807) is 39.3 Å². The SMILES string of the molecule is CC#Cc1cc(C(=O)N(C)C)ccc1-c1cnc(C)c(-c2nnc(-c3ccccc3)o2)n1.[HH]. The fourth-order valence-corrected chi connectivity index (χ4v) is 3.19. The molecular formula is C25H23N5O2. The van der Waals surface area contributed by atoms with Crippen LogP contribution in [0, 0.1) is 18.8 Å². The number of aromatic nitrogens is 4. The first-order valence-corrected chi connectivity index (χ1v) is 9.99. The molecule has 4 aromatic rings. The first kappa shape index (κ1) is 20.9. The molecule has 0 aliphatic carbocycles. The molecule has 0 atom stereocenters. The van der Waals surface area contributed by atoms with Gasteiger partial charge in [0.25, 0.3) is 11.8 Å². The molecule has 0 aliphatic rings. The lowest BCUT2D eigenvalue weighted by molar-refractivity contribution is 0.0827. The van der Waals surface area contributed by atoms with E-state index in [4.69, 9.17) is 9.40 Å². The molecule has 7 nitrogen and oxygen atoms in total. The number of carbonyl (C=O) groups is 1. The van der Waals surface area contributed by atoms with Crippen molar-refractivity contribution in [1.82, 2.24) is 25.1 Å². The molecule has 7 heteroatoms. The lowest BCUT2D eigenvalue weighted by Crippen LogP contribution is -2.21. The second-order valence-corrected chi connectivity index (χ2v) is 7.30. The van der Waals surface area contributed by atoms with E-state index in [0.717, 1.165) is 11.1 Å². The van der Waals surface area contributed by atoms with Crippen molar-refractivity contribution < 1.29 is 10.6 Å². The number of rotatable bonds is 4. The van der Waals surface area contributed by atoms with Gasteiger partial charge >= 0.3 is 0 Å². The number of carbonyl (C=O) groups excluding carboxylic acids is 1. The number of nitrogens with zero attached hydrogens (tertiary/aromatic N) is 5. The normalized spacial score (nSPS) is 10.4. The molecule has 0 radical (unpaired) electrons. The molecule has 0 N–H and O–H groups in total. The Hall–Kier alpha value is -4.31. The summed E-state index contributed by atoms with van der Waals surface area (Å²) in [5, 5.41) is 8.33. The number of hydrogen-bond acceptors (Lipinski definition) is 6. The highest BCUT2D eigenvalue weighted by atomic mass is 16.4. The number of amides is 1. The Morgan fingerprint density at radius 1 is 1.06 bits per heavy atom. The largest absolute Gasteiger partial charge is 0.415 e. The number of hydrogen-bond donors (Lipinski definition) is 0. The van der Waals surface area contributed by atoms with E-state index in [2.05, 4.69) is 27.0 Å². The van der Waals surface area contributed by atoms with Crippen molar-refractivity contribution in [3.05, 3.63) is 71.5 Å². The Bertz CT molecular complexity index is 1350. The van der Waals surface area contributed by atoms with E-state index >= 15 is 0 Å². The van der Waals surface area contributed by atoms with E-state index in [0.29, 0.717) is 40.0 Å². The molecule has 2 heterocycles. The fraction of sp³-hybridized carbons (Fsp3) is 0.160. The van der Waals surface area contributed by atoms with Crippen LogP contribution in [0.1, 0.15) is 30.0 Å². The van der Waals surface area contributed by atoms with E-state index < -0.39 is 0 Å². The van der Waals surface area contributed by atoms with E-state index in [1.165, 1.54) is 4.90 Å². The lowest BCUT2D eigenvalue weighted by atomic mass is 10.0. The minimum Gasteiger partial charge on any atom is -0.415 e. The van der Waals surface area contributed by atoms with Gasteiger partial charge in [0.05, 0.1) is 17.6 Å². The Morgan fingerprint density at radius 3 is 2.53 bits per heavy atom. The van der Waals surface area contributed by atoms with Crippen LogP contribution in [0.3, 0.4) is 0 Å². The predicted molar refractivity (Wildman–Crippen MR) is 124 cm³/mol. The molecule has 0 bridgehead atoms. The Kier molecular flexibility index (Phi) is 5.77. The summed E-state index contributed by atoms with van der Waals surface area (Å²) in [6, 6.07) is 14.9. The predicted octanol–water partition coefficient (Wildman–Crippen LogP) is 4.49. The maximum Gasteiger partial charge on any atom is 0.268 e. The summed E-state index contributed by atoms with van der Waals surface area (Å²) in [4.78, 5) is 23.1. The molecule has 0 unspecified atom stereocenters. The van der Waals surface area contributed by atoms with Crippen LogP contribution in [0.25, 0.3) is 34.3 Å². The first-order valence-electron chi connectivity index (χ1n) is 9.99. The van der Waals surface area contributed by atoms with Crippen LogP contribution in [-0.2, 0) is 0 Å². The topological polar surface area (TPSA) is 85.0 Å². The van der Waals surface area contributed by atoms with Crippen molar-refractivity contribution >= 4 is 5.91 Å². The second-order valence-electron chi connectivity index (χ2n) is 7.30. The summed E-state index contributed by atoms with van der Waals surface area (Å²) >= 11 is 0. The van der Waals surface area contributed by atoms with Crippen molar-refractivity contribution in [1.29, 1.82) is 0 Å². The zero-order valence-electron chi connectivity index (χ0n) is 18.2. The highest BCUT2D eigenvalue weighted by molar-refractivity contribution is 5.95. The van der Waals surface area contributed by atoms with Crippen LogP contribution in [0.5, 0.6) is 0 Å². The molecule has 160 valence electrons. The van der Waals surface area contributed by atoms with Gasteiger partial charge in [-0.15, -0.1) is 16.1 Å². The van der Waals surface area contributed by atoms with Gasteiger partial charge < -0.3 is 9.32 Å². The molecule has 0 spiro atoms. The zero-order chi connectivity index (χ0) is 22.7. The Morgan fingerprint density at radius 2 is 1.81 bits per heavy atom. The monoisotopic (exact) mass is 425 g/mol. The average Bonchev–Trinajstić information content (AvgIpc) is 3.30. The van der Waals surface area contributed by atoms with Gasteiger partial charge in [-0.05, 0) is 38.1 Å². The fourth-order valence-electron chi connectivity index (χ4n) is 3.19. The molecule has 2 aromatic heterocycles. The molecule has 0 saturated carbocycles. The minimum absolute atomic E-state index is 0. The van der Waals surface area contributed by atoms with Gasteiger partial charge in [0.15, 0.2) is 0 Å². The molecule has 4 rings (SSSR count). The van der Waals surface area contributed by atoms with Gasteiger partial charge in [-0.2, -0.15) is 0 Å². The van der Waals surface area contributed by atoms with Crippen LogP contribution < -0.4 is 0 Å². The van der Waals surface area contributed by atoms with Gasteiger partial charge in [0.2, 0.25) is 5.89 Å².